The zero-order valence-corrected chi connectivity index (χ0v) is 11.0. The molecular weight excluding hydrogens is 240 g/mol. The van der Waals surface area contributed by atoms with Gasteiger partial charge in [0.25, 0.3) is 5.91 Å². The van der Waals surface area contributed by atoms with Crippen LogP contribution in [0.1, 0.15) is 47.2 Å². The van der Waals surface area contributed by atoms with Gasteiger partial charge in [-0.1, -0.05) is 12.8 Å². The SMILES string of the molecule is Cc1cc(C#N)ccc1C(=O)NC1CCCCC1O. The summed E-state index contributed by atoms with van der Waals surface area (Å²) in [5.74, 6) is -0.173. The van der Waals surface area contributed by atoms with Gasteiger partial charge in [0, 0.05) is 5.56 Å². The van der Waals surface area contributed by atoms with Crippen molar-refractivity contribution in [3.05, 3.63) is 34.9 Å². The summed E-state index contributed by atoms with van der Waals surface area (Å²) >= 11 is 0. The van der Waals surface area contributed by atoms with Crippen molar-refractivity contribution in [3.8, 4) is 6.07 Å². The van der Waals surface area contributed by atoms with Crippen molar-refractivity contribution in [2.24, 2.45) is 0 Å². The Bertz CT molecular complexity index is 519. The fourth-order valence-electron chi connectivity index (χ4n) is 2.51. The Kier molecular flexibility index (Phi) is 4.18. The normalized spacial score (nSPS) is 22.6. The van der Waals surface area contributed by atoms with E-state index in [-0.39, 0.29) is 11.9 Å². The van der Waals surface area contributed by atoms with Gasteiger partial charge in [-0.05, 0) is 43.5 Å². The van der Waals surface area contributed by atoms with Gasteiger partial charge in [0.2, 0.25) is 0 Å². The summed E-state index contributed by atoms with van der Waals surface area (Å²) in [6.45, 7) is 1.81. The van der Waals surface area contributed by atoms with Crippen LogP contribution in [0, 0.1) is 18.3 Å². The Morgan fingerprint density at radius 3 is 2.79 bits per heavy atom. The zero-order valence-electron chi connectivity index (χ0n) is 11.0. The van der Waals surface area contributed by atoms with E-state index in [1.807, 2.05) is 6.92 Å². The van der Waals surface area contributed by atoms with Crippen LogP contribution in [0.5, 0.6) is 0 Å². The first-order chi connectivity index (χ1) is 9.11. The number of aryl methyl sites for hydroxylation is 1. The summed E-state index contributed by atoms with van der Waals surface area (Å²) in [4.78, 5) is 12.2. The topological polar surface area (TPSA) is 73.1 Å². The van der Waals surface area contributed by atoms with E-state index in [4.69, 9.17) is 5.26 Å². The molecule has 0 saturated heterocycles. The Labute approximate surface area is 113 Å². The number of amides is 1. The largest absolute Gasteiger partial charge is 0.391 e. The summed E-state index contributed by atoms with van der Waals surface area (Å²) in [6, 6.07) is 6.90. The summed E-state index contributed by atoms with van der Waals surface area (Å²) in [6.07, 6.45) is 3.17. The molecule has 2 atom stereocenters. The Morgan fingerprint density at radius 2 is 2.16 bits per heavy atom. The number of hydrogen-bond acceptors (Lipinski definition) is 3. The average molecular weight is 258 g/mol. The highest BCUT2D eigenvalue weighted by Crippen LogP contribution is 2.19. The Morgan fingerprint density at radius 1 is 1.42 bits per heavy atom. The van der Waals surface area contributed by atoms with Crippen molar-refractivity contribution in [1.82, 2.24) is 5.32 Å². The van der Waals surface area contributed by atoms with E-state index >= 15 is 0 Å². The van der Waals surface area contributed by atoms with Gasteiger partial charge in [-0.15, -0.1) is 0 Å². The minimum Gasteiger partial charge on any atom is -0.391 e. The smallest absolute Gasteiger partial charge is 0.251 e. The Balaban J connectivity index is 2.09. The predicted molar refractivity (Wildman–Crippen MR) is 71.6 cm³/mol. The van der Waals surface area contributed by atoms with Gasteiger partial charge < -0.3 is 10.4 Å². The van der Waals surface area contributed by atoms with Crippen molar-refractivity contribution in [2.75, 3.05) is 0 Å². The molecule has 1 amide bonds. The molecule has 0 bridgehead atoms. The molecule has 1 saturated carbocycles. The molecule has 1 aliphatic carbocycles. The molecule has 0 heterocycles. The van der Waals surface area contributed by atoms with Crippen LogP contribution in [-0.2, 0) is 0 Å². The highest BCUT2D eigenvalue weighted by Gasteiger charge is 2.25. The van der Waals surface area contributed by atoms with E-state index in [1.165, 1.54) is 0 Å². The number of aliphatic hydroxyl groups is 1. The van der Waals surface area contributed by atoms with Crippen LogP contribution in [0.3, 0.4) is 0 Å². The monoisotopic (exact) mass is 258 g/mol. The molecule has 1 aromatic rings. The Hall–Kier alpha value is -1.86. The fraction of sp³-hybridized carbons (Fsp3) is 0.467. The predicted octanol–water partition coefficient (Wildman–Crippen LogP) is 1.90. The number of aliphatic hydroxyl groups excluding tert-OH is 1. The molecule has 0 spiro atoms. The zero-order chi connectivity index (χ0) is 13.8. The van der Waals surface area contributed by atoms with Crippen molar-refractivity contribution in [2.45, 2.75) is 44.8 Å². The molecule has 1 fully saturated rings. The van der Waals surface area contributed by atoms with Gasteiger partial charge in [-0.2, -0.15) is 5.26 Å². The molecule has 19 heavy (non-hydrogen) atoms. The maximum atomic E-state index is 12.2. The fourth-order valence-corrected chi connectivity index (χ4v) is 2.51. The van der Waals surface area contributed by atoms with Crippen molar-refractivity contribution in [3.63, 3.8) is 0 Å². The lowest BCUT2D eigenvalue weighted by Gasteiger charge is -2.28. The van der Waals surface area contributed by atoms with Crippen molar-refractivity contribution >= 4 is 5.91 Å². The van der Waals surface area contributed by atoms with Crippen LogP contribution in [-0.4, -0.2) is 23.2 Å². The minimum atomic E-state index is -0.448. The second-order valence-electron chi connectivity index (χ2n) is 5.07. The van der Waals surface area contributed by atoms with Crippen LogP contribution in [0.4, 0.5) is 0 Å². The third-order valence-electron chi connectivity index (χ3n) is 3.65. The third kappa shape index (κ3) is 3.12. The number of carbonyl (C=O) groups excluding carboxylic acids is 1. The van der Waals surface area contributed by atoms with Gasteiger partial charge in [0.1, 0.15) is 0 Å². The number of hydrogen-bond donors (Lipinski definition) is 2. The van der Waals surface area contributed by atoms with E-state index in [1.54, 1.807) is 18.2 Å². The number of rotatable bonds is 2. The molecule has 0 aromatic heterocycles. The molecule has 100 valence electrons. The first-order valence-corrected chi connectivity index (χ1v) is 6.61. The molecule has 4 nitrogen and oxygen atoms in total. The van der Waals surface area contributed by atoms with Gasteiger partial charge in [0.05, 0.1) is 23.8 Å². The third-order valence-corrected chi connectivity index (χ3v) is 3.65. The van der Waals surface area contributed by atoms with Crippen LogP contribution in [0.2, 0.25) is 0 Å². The highest BCUT2D eigenvalue weighted by molar-refractivity contribution is 5.96. The minimum absolute atomic E-state index is 0.156. The number of nitriles is 1. The first kappa shape index (κ1) is 13.6. The van der Waals surface area contributed by atoms with Gasteiger partial charge in [-0.25, -0.2) is 0 Å². The molecule has 2 N–H and O–H groups in total. The quantitative estimate of drug-likeness (QED) is 0.851. The summed E-state index contributed by atoms with van der Waals surface area (Å²) in [7, 11) is 0. The van der Waals surface area contributed by atoms with E-state index in [0.717, 1.165) is 31.2 Å². The maximum absolute atomic E-state index is 12.2. The van der Waals surface area contributed by atoms with Crippen LogP contribution < -0.4 is 5.32 Å². The van der Waals surface area contributed by atoms with Crippen LogP contribution >= 0.6 is 0 Å². The van der Waals surface area contributed by atoms with Crippen molar-refractivity contribution in [1.29, 1.82) is 5.26 Å². The molecule has 0 aliphatic heterocycles. The molecule has 1 aromatic carbocycles. The van der Waals surface area contributed by atoms with E-state index in [0.29, 0.717) is 11.1 Å². The summed E-state index contributed by atoms with van der Waals surface area (Å²) in [5, 5.41) is 21.6. The van der Waals surface area contributed by atoms with E-state index in [9.17, 15) is 9.90 Å². The lowest BCUT2D eigenvalue weighted by atomic mass is 9.92. The lowest BCUT2D eigenvalue weighted by molar-refractivity contribution is 0.0717. The van der Waals surface area contributed by atoms with E-state index in [2.05, 4.69) is 11.4 Å². The second-order valence-corrected chi connectivity index (χ2v) is 5.07. The molecule has 1 aliphatic rings. The molecule has 0 radical (unpaired) electrons. The lowest BCUT2D eigenvalue weighted by Crippen LogP contribution is -2.45. The molecule has 2 unspecified atom stereocenters. The standard InChI is InChI=1S/C15H18N2O2/c1-10-8-11(9-16)6-7-12(10)15(19)17-13-4-2-3-5-14(13)18/h6-8,13-14,18H,2-5H2,1H3,(H,17,19). The highest BCUT2D eigenvalue weighted by atomic mass is 16.3. The van der Waals surface area contributed by atoms with Crippen molar-refractivity contribution < 1.29 is 9.90 Å². The first-order valence-electron chi connectivity index (χ1n) is 6.61. The van der Waals surface area contributed by atoms with E-state index < -0.39 is 6.10 Å². The van der Waals surface area contributed by atoms with Gasteiger partial charge >= 0.3 is 0 Å². The molecule has 2 rings (SSSR count). The van der Waals surface area contributed by atoms with Crippen LogP contribution in [0.25, 0.3) is 0 Å². The maximum Gasteiger partial charge on any atom is 0.251 e. The van der Waals surface area contributed by atoms with Gasteiger partial charge in [-0.3, -0.25) is 4.79 Å². The number of benzene rings is 1. The molecule has 4 heteroatoms. The van der Waals surface area contributed by atoms with Crippen LogP contribution in [0.15, 0.2) is 18.2 Å². The molecular formula is C15H18N2O2. The number of nitrogens with one attached hydrogen (secondary N) is 1. The number of nitrogens with zero attached hydrogens (tertiary/aromatic N) is 1. The van der Waals surface area contributed by atoms with Gasteiger partial charge in [0.15, 0.2) is 0 Å². The average Bonchev–Trinajstić information content (AvgIpc) is 2.41. The second kappa shape index (κ2) is 5.85. The number of carbonyl (C=O) groups is 1. The summed E-state index contributed by atoms with van der Waals surface area (Å²) < 4.78 is 0. The summed E-state index contributed by atoms with van der Waals surface area (Å²) in [5.41, 5.74) is 1.89.